The van der Waals surface area contributed by atoms with Gasteiger partial charge in [0, 0.05) is 0 Å². The number of hydrogen-bond donors (Lipinski definition) is 0. The summed E-state index contributed by atoms with van der Waals surface area (Å²) in [5.74, 6) is -0.522. The van der Waals surface area contributed by atoms with Gasteiger partial charge in [0.1, 0.15) is 11.6 Å². The van der Waals surface area contributed by atoms with E-state index in [0.29, 0.717) is 6.00 Å². The Bertz CT molecular complexity index is 643. The topological polar surface area (TPSA) is 0 Å². The van der Waals surface area contributed by atoms with Crippen LogP contribution < -0.4 is 0 Å². The van der Waals surface area contributed by atoms with E-state index < -0.39 is 0 Å². The summed E-state index contributed by atoms with van der Waals surface area (Å²) in [6.07, 6.45) is 5.19. The predicted octanol–water partition coefficient (Wildman–Crippen LogP) is 5.84. The molecule has 25 heavy (non-hydrogen) atoms. The van der Waals surface area contributed by atoms with E-state index in [9.17, 15) is 8.78 Å². The van der Waals surface area contributed by atoms with Gasteiger partial charge < -0.3 is 4.48 Å². The molecule has 2 aromatic carbocycles. The molecule has 0 fully saturated rings. The van der Waals surface area contributed by atoms with Gasteiger partial charge in [0.25, 0.3) is 0 Å². The fraction of sp³-hybridized carbons (Fsp3) is 0.333. The lowest BCUT2D eigenvalue weighted by molar-refractivity contribution is -0.879. The first-order valence-corrected chi connectivity index (χ1v) is 9.05. The van der Waals surface area contributed by atoms with E-state index in [2.05, 4.69) is 20.2 Å². The van der Waals surface area contributed by atoms with Crippen LogP contribution in [0.1, 0.15) is 30.4 Å². The quantitative estimate of drug-likeness (QED) is 0.239. The molecule has 0 unspecified atom stereocenters. The van der Waals surface area contributed by atoms with Crippen molar-refractivity contribution in [3.8, 4) is 0 Å². The van der Waals surface area contributed by atoms with E-state index in [4.69, 9.17) is 11.6 Å². The van der Waals surface area contributed by atoms with Gasteiger partial charge in [0.2, 0.25) is 0 Å². The van der Waals surface area contributed by atoms with Crippen LogP contribution >= 0.6 is 11.6 Å². The second-order valence-corrected chi connectivity index (χ2v) is 7.15. The maximum absolute atomic E-state index is 13.2. The Labute approximate surface area is 154 Å². The number of rotatable bonds is 8. The molecule has 0 atom stereocenters. The molecule has 4 heteroatoms. The zero-order valence-electron chi connectivity index (χ0n) is 14.8. The highest BCUT2D eigenvalue weighted by atomic mass is 35.5. The summed E-state index contributed by atoms with van der Waals surface area (Å²) < 4.78 is 27.2. The van der Waals surface area contributed by atoms with Gasteiger partial charge in [-0.3, -0.25) is 0 Å². The van der Waals surface area contributed by atoms with Crippen molar-refractivity contribution in [3.05, 3.63) is 77.4 Å². The Morgan fingerprint density at radius 2 is 1.36 bits per heavy atom. The van der Waals surface area contributed by atoms with Crippen molar-refractivity contribution in [3.63, 3.8) is 0 Å². The van der Waals surface area contributed by atoms with Crippen LogP contribution in [0.5, 0.6) is 0 Å². The van der Waals surface area contributed by atoms with Crippen LogP contribution in [-0.2, 0) is 0 Å². The van der Waals surface area contributed by atoms with E-state index in [1.165, 1.54) is 24.3 Å². The molecule has 0 aliphatic rings. The van der Waals surface area contributed by atoms with Crippen molar-refractivity contribution in [2.75, 3.05) is 26.6 Å². The third-order valence-electron chi connectivity index (χ3n) is 4.20. The fourth-order valence-corrected chi connectivity index (χ4v) is 2.77. The Morgan fingerprint density at radius 1 is 0.880 bits per heavy atom. The van der Waals surface area contributed by atoms with E-state index in [1.807, 2.05) is 0 Å². The molecular weight excluding hydrogens is 340 g/mol. The van der Waals surface area contributed by atoms with E-state index in [0.717, 1.165) is 47.0 Å². The summed E-state index contributed by atoms with van der Waals surface area (Å²) >= 11 is 5.94. The second kappa shape index (κ2) is 9.12. The number of hydrogen-bond acceptors (Lipinski definition) is 0. The minimum Gasteiger partial charge on any atom is -0.316 e. The number of allylic oxidation sites excluding steroid dienone is 1. The van der Waals surface area contributed by atoms with Crippen LogP contribution in [-0.4, -0.2) is 31.1 Å². The minimum absolute atomic E-state index is 0.261. The molecule has 0 N–H and O–H groups in total. The summed E-state index contributed by atoms with van der Waals surface area (Å²) in [6.45, 7) is 1.03. The third-order valence-corrected chi connectivity index (χ3v) is 4.85. The fourth-order valence-electron chi connectivity index (χ4n) is 2.65. The van der Waals surface area contributed by atoms with Gasteiger partial charge >= 0.3 is 0 Å². The molecule has 0 spiro atoms. The largest absolute Gasteiger partial charge is 0.316 e. The van der Waals surface area contributed by atoms with Gasteiger partial charge in [0.15, 0.2) is 6.00 Å². The third kappa shape index (κ3) is 6.26. The molecule has 2 aromatic rings. The molecular formula is C21H25ClF2N+. The summed E-state index contributed by atoms with van der Waals surface area (Å²) in [6, 6.07) is 13.5. The monoisotopic (exact) mass is 364 g/mol. The smallest absolute Gasteiger partial charge is 0.154 e. The molecule has 0 aliphatic heterocycles. The van der Waals surface area contributed by atoms with Crippen LogP contribution in [0.25, 0.3) is 5.57 Å². The van der Waals surface area contributed by atoms with Crippen molar-refractivity contribution >= 4 is 17.2 Å². The summed E-state index contributed by atoms with van der Waals surface area (Å²) in [7, 11) is 4.23. The highest BCUT2D eigenvalue weighted by Gasteiger charge is 2.11. The zero-order chi connectivity index (χ0) is 18.3. The van der Waals surface area contributed by atoms with Gasteiger partial charge in [-0.1, -0.05) is 41.9 Å². The van der Waals surface area contributed by atoms with E-state index in [-0.39, 0.29) is 11.6 Å². The summed E-state index contributed by atoms with van der Waals surface area (Å²) in [5, 5.41) is 0. The lowest BCUT2D eigenvalue weighted by atomic mass is 9.96. The molecule has 0 aliphatic carbocycles. The average Bonchev–Trinajstić information content (AvgIpc) is 2.60. The molecule has 0 saturated carbocycles. The molecule has 0 heterocycles. The highest BCUT2D eigenvalue weighted by molar-refractivity contribution is 6.16. The normalized spacial score (nSPS) is 11.4. The number of quaternary nitrogens is 1. The number of nitrogens with zero attached hydrogens (tertiary/aromatic N) is 1. The van der Waals surface area contributed by atoms with E-state index >= 15 is 0 Å². The Hall–Kier alpha value is -1.71. The Balaban J connectivity index is 2.11. The van der Waals surface area contributed by atoms with Crippen molar-refractivity contribution in [2.45, 2.75) is 19.3 Å². The van der Waals surface area contributed by atoms with Crippen molar-refractivity contribution in [1.29, 1.82) is 0 Å². The summed E-state index contributed by atoms with van der Waals surface area (Å²) in [4.78, 5) is 0. The lowest BCUT2D eigenvalue weighted by Gasteiger charge is -2.26. The number of unbranched alkanes of at least 4 members (excludes halogenated alkanes) is 2. The average molecular weight is 365 g/mol. The van der Waals surface area contributed by atoms with Gasteiger partial charge in [-0.05, 0) is 60.2 Å². The molecule has 134 valence electrons. The molecule has 0 amide bonds. The van der Waals surface area contributed by atoms with Crippen LogP contribution in [0.3, 0.4) is 0 Å². The number of alkyl halides is 1. The molecule has 2 rings (SSSR count). The zero-order valence-corrected chi connectivity index (χ0v) is 15.6. The van der Waals surface area contributed by atoms with Gasteiger partial charge in [0.05, 0.1) is 20.6 Å². The minimum atomic E-state index is -0.261. The molecule has 0 aromatic heterocycles. The highest BCUT2D eigenvalue weighted by Crippen LogP contribution is 2.25. The van der Waals surface area contributed by atoms with Crippen molar-refractivity contribution < 1.29 is 13.3 Å². The Kier molecular flexibility index (Phi) is 7.15. The maximum atomic E-state index is 13.2. The first kappa shape index (κ1) is 19.6. The van der Waals surface area contributed by atoms with Crippen LogP contribution in [0.2, 0.25) is 0 Å². The number of benzene rings is 2. The number of halogens is 3. The molecule has 0 radical (unpaired) electrons. The molecule has 1 nitrogen and oxygen atoms in total. The lowest BCUT2D eigenvalue weighted by Crippen LogP contribution is -2.38. The maximum Gasteiger partial charge on any atom is 0.154 e. The van der Waals surface area contributed by atoms with Gasteiger partial charge in [-0.25, -0.2) is 8.78 Å². The van der Waals surface area contributed by atoms with E-state index in [1.54, 1.807) is 24.3 Å². The second-order valence-electron chi connectivity index (χ2n) is 6.91. The first-order chi connectivity index (χ1) is 11.9. The predicted molar refractivity (Wildman–Crippen MR) is 101 cm³/mol. The van der Waals surface area contributed by atoms with Crippen LogP contribution in [0.4, 0.5) is 8.78 Å². The van der Waals surface area contributed by atoms with Gasteiger partial charge in [-0.15, -0.1) is 0 Å². The van der Waals surface area contributed by atoms with Crippen molar-refractivity contribution in [2.24, 2.45) is 0 Å². The van der Waals surface area contributed by atoms with Gasteiger partial charge in [-0.2, -0.15) is 0 Å². The van der Waals surface area contributed by atoms with Crippen molar-refractivity contribution in [1.82, 2.24) is 0 Å². The standard InChI is InChI=1S/C21H25ClF2N/c1-25(2,16-22)15-5-3-4-6-21(17-7-11-19(23)12-8-17)18-9-13-20(24)14-10-18/h6-14H,3-5,15-16H2,1-2H3/q+1. The first-order valence-electron chi connectivity index (χ1n) is 8.51. The van der Waals surface area contributed by atoms with Crippen LogP contribution in [0.15, 0.2) is 54.6 Å². The Morgan fingerprint density at radius 3 is 1.80 bits per heavy atom. The summed E-state index contributed by atoms with van der Waals surface area (Å²) in [5.41, 5.74) is 2.88. The SMILES string of the molecule is C[N+](C)(CCl)CCCCC=C(c1ccc(F)cc1)c1ccc(F)cc1. The van der Waals surface area contributed by atoms with Crippen LogP contribution in [0, 0.1) is 11.6 Å². The molecule has 0 saturated heterocycles. The molecule has 0 bridgehead atoms.